The molecule has 1 aliphatic heterocycles. The van der Waals surface area contributed by atoms with Crippen LogP contribution in [0.25, 0.3) is 5.57 Å². The summed E-state index contributed by atoms with van der Waals surface area (Å²) in [6.07, 6.45) is 1.56. The van der Waals surface area contributed by atoms with Crippen LogP contribution in [-0.2, 0) is 4.79 Å². The summed E-state index contributed by atoms with van der Waals surface area (Å²) in [5.41, 5.74) is 6.24. The molecule has 1 aliphatic rings. The average Bonchev–Trinajstić information content (AvgIpc) is 2.66. The van der Waals surface area contributed by atoms with Gasteiger partial charge in [0.1, 0.15) is 5.82 Å². The molecule has 0 saturated heterocycles. The van der Waals surface area contributed by atoms with Crippen molar-refractivity contribution >= 4 is 28.8 Å². The molecule has 0 aromatic heterocycles. The molecule has 3 nitrogen and oxygen atoms in total. The van der Waals surface area contributed by atoms with E-state index in [1.807, 2.05) is 6.07 Å². The van der Waals surface area contributed by atoms with Crippen molar-refractivity contribution in [3.8, 4) is 0 Å². The maximum atomic E-state index is 12.4. The number of aryl methyl sites for hydroxylation is 1. The molecule has 1 N–H and O–H groups in total. The van der Waals surface area contributed by atoms with Gasteiger partial charge in [0, 0.05) is 30.2 Å². The first-order chi connectivity index (χ1) is 13.3. The van der Waals surface area contributed by atoms with Crippen molar-refractivity contribution in [3.05, 3.63) is 70.0 Å². The smallest absolute Gasteiger partial charge is 0.224 e. The summed E-state index contributed by atoms with van der Waals surface area (Å²) in [5.74, 6) is -0.369. The van der Waals surface area contributed by atoms with Crippen molar-refractivity contribution in [3.63, 3.8) is 0 Å². The van der Waals surface area contributed by atoms with Gasteiger partial charge in [0.2, 0.25) is 5.91 Å². The number of carbonyl (C=O) groups is 1. The number of hydrogen-bond acceptors (Lipinski definition) is 2. The van der Waals surface area contributed by atoms with Gasteiger partial charge in [-0.3, -0.25) is 4.79 Å². The van der Waals surface area contributed by atoms with Gasteiger partial charge < -0.3 is 10.2 Å². The molecule has 0 unspecified atom stereocenters. The van der Waals surface area contributed by atoms with Gasteiger partial charge in [-0.1, -0.05) is 30.2 Å². The maximum Gasteiger partial charge on any atom is 0.224 e. The lowest BCUT2D eigenvalue weighted by Gasteiger charge is -2.27. The van der Waals surface area contributed by atoms with Crippen molar-refractivity contribution < 1.29 is 9.18 Å². The highest BCUT2D eigenvalue weighted by atomic mass is 35.5. The number of nitrogens with zero attached hydrogens (tertiary/aromatic N) is 1. The topological polar surface area (TPSA) is 32.3 Å². The lowest BCUT2D eigenvalue weighted by molar-refractivity contribution is -0.115. The van der Waals surface area contributed by atoms with Crippen LogP contribution in [0.15, 0.2) is 48.0 Å². The van der Waals surface area contributed by atoms with E-state index in [-0.39, 0.29) is 11.7 Å². The predicted octanol–water partition coefficient (Wildman–Crippen LogP) is 5.93. The Labute approximate surface area is 172 Å². The summed E-state index contributed by atoms with van der Waals surface area (Å²) in [4.78, 5) is 13.2. The minimum atomic E-state index is -0.301. The third kappa shape index (κ3) is 6.47. The summed E-state index contributed by atoms with van der Waals surface area (Å²) in [6.45, 7) is 8.36. The van der Waals surface area contributed by atoms with Crippen molar-refractivity contribution in [1.82, 2.24) is 4.90 Å². The molecule has 0 saturated carbocycles. The van der Waals surface area contributed by atoms with Crippen LogP contribution in [0.3, 0.4) is 0 Å². The number of carbonyl (C=O) groups excluding carboxylic acids is 1. The molecule has 0 aliphatic carbocycles. The van der Waals surface area contributed by atoms with E-state index in [9.17, 15) is 9.18 Å². The van der Waals surface area contributed by atoms with E-state index >= 15 is 0 Å². The Morgan fingerprint density at radius 3 is 2.46 bits per heavy atom. The zero-order valence-electron chi connectivity index (χ0n) is 17.0. The normalized spacial score (nSPS) is 14.4. The standard InChI is InChI=1S/C14H18ClN.C9H10FNO/c1-10-4-5-12(15)8-14(10)13-6-7-16(3)9-11(13)2;1-2-9(12)11-8-5-3-7(10)4-6-8/h4-5,8H,6-7,9H2,1-3H3;3-6H,2H2,1H3,(H,11,12). The van der Waals surface area contributed by atoms with Gasteiger partial charge in [0.25, 0.3) is 0 Å². The molecule has 0 spiro atoms. The Kier molecular flexibility index (Phi) is 8.21. The third-order valence-corrected chi connectivity index (χ3v) is 4.97. The molecule has 28 heavy (non-hydrogen) atoms. The van der Waals surface area contributed by atoms with Crippen LogP contribution < -0.4 is 5.32 Å². The van der Waals surface area contributed by atoms with E-state index in [1.165, 1.54) is 46.5 Å². The average molecular weight is 403 g/mol. The number of rotatable bonds is 3. The van der Waals surface area contributed by atoms with Gasteiger partial charge in [0.05, 0.1) is 0 Å². The highest BCUT2D eigenvalue weighted by molar-refractivity contribution is 6.30. The van der Waals surface area contributed by atoms with E-state index in [0.717, 1.165) is 24.5 Å². The van der Waals surface area contributed by atoms with E-state index in [4.69, 9.17) is 11.6 Å². The predicted molar refractivity (Wildman–Crippen MR) is 116 cm³/mol. The quantitative estimate of drug-likeness (QED) is 0.689. The monoisotopic (exact) mass is 402 g/mol. The van der Waals surface area contributed by atoms with Crippen LogP contribution in [-0.4, -0.2) is 30.9 Å². The van der Waals surface area contributed by atoms with Crippen molar-refractivity contribution in [2.45, 2.75) is 33.6 Å². The second-order valence-corrected chi connectivity index (χ2v) is 7.55. The summed E-state index contributed by atoms with van der Waals surface area (Å²) in [6, 6.07) is 11.9. The van der Waals surface area contributed by atoms with Crippen LogP contribution in [0.1, 0.15) is 37.8 Å². The second-order valence-electron chi connectivity index (χ2n) is 7.11. The SMILES string of the molecule is CC1=C(c2cc(Cl)ccc2C)CCN(C)C1.CCC(=O)Nc1ccc(F)cc1. The molecular weight excluding hydrogens is 375 g/mol. The number of nitrogens with one attached hydrogen (secondary N) is 1. The van der Waals surface area contributed by atoms with E-state index in [0.29, 0.717) is 12.1 Å². The van der Waals surface area contributed by atoms with Crippen LogP contribution >= 0.6 is 11.6 Å². The molecule has 0 radical (unpaired) electrons. The lowest BCUT2D eigenvalue weighted by Crippen LogP contribution is -2.26. The zero-order valence-corrected chi connectivity index (χ0v) is 17.7. The first-order valence-electron chi connectivity index (χ1n) is 9.49. The Morgan fingerprint density at radius 2 is 1.86 bits per heavy atom. The van der Waals surface area contributed by atoms with Gasteiger partial charge in [-0.2, -0.15) is 0 Å². The van der Waals surface area contributed by atoms with Crippen molar-refractivity contribution in [2.75, 3.05) is 25.5 Å². The third-order valence-electron chi connectivity index (χ3n) is 4.74. The number of likely N-dealkylation sites (N-methyl/N-ethyl adjacent to an activating group) is 1. The Balaban J connectivity index is 0.000000209. The maximum absolute atomic E-state index is 12.4. The highest BCUT2D eigenvalue weighted by Crippen LogP contribution is 2.30. The molecule has 150 valence electrons. The highest BCUT2D eigenvalue weighted by Gasteiger charge is 2.16. The van der Waals surface area contributed by atoms with E-state index < -0.39 is 0 Å². The molecule has 1 heterocycles. The molecule has 5 heteroatoms. The number of anilines is 1. The van der Waals surface area contributed by atoms with Gasteiger partial charge in [0.15, 0.2) is 0 Å². The van der Waals surface area contributed by atoms with Gasteiger partial charge in [-0.05, 0) is 80.4 Å². The molecule has 0 bridgehead atoms. The van der Waals surface area contributed by atoms with Crippen LogP contribution in [0.2, 0.25) is 5.02 Å². The largest absolute Gasteiger partial charge is 0.326 e. The minimum Gasteiger partial charge on any atom is -0.326 e. The second kappa shape index (κ2) is 10.4. The molecule has 2 aromatic rings. The lowest BCUT2D eigenvalue weighted by atomic mass is 9.91. The molecule has 2 aromatic carbocycles. The van der Waals surface area contributed by atoms with Gasteiger partial charge in [-0.15, -0.1) is 0 Å². The summed E-state index contributed by atoms with van der Waals surface area (Å²) in [7, 11) is 2.17. The van der Waals surface area contributed by atoms with Gasteiger partial charge in [-0.25, -0.2) is 4.39 Å². The Morgan fingerprint density at radius 1 is 1.18 bits per heavy atom. The van der Waals surface area contributed by atoms with E-state index in [2.05, 4.69) is 43.2 Å². The zero-order chi connectivity index (χ0) is 20.7. The molecule has 0 atom stereocenters. The molecule has 3 rings (SSSR count). The van der Waals surface area contributed by atoms with Crippen molar-refractivity contribution in [2.24, 2.45) is 0 Å². The first-order valence-corrected chi connectivity index (χ1v) is 9.87. The molecule has 0 fully saturated rings. The number of amides is 1. The first kappa shape index (κ1) is 22.1. The summed E-state index contributed by atoms with van der Waals surface area (Å²) in [5, 5.41) is 3.45. The molecule has 1 amide bonds. The molecular formula is C23H28ClFN2O. The Bertz CT molecular complexity index is 846. The minimum absolute atomic E-state index is 0.0680. The number of halogens is 2. The van der Waals surface area contributed by atoms with Gasteiger partial charge >= 0.3 is 0 Å². The fourth-order valence-electron chi connectivity index (χ4n) is 3.16. The number of hydrogen-bond donors (Lipinski definition) is 1. The van der Waals surface area contributed by atoms with E-state index in [1.54, 1.807) is 6.92 Å². The van der Waals surface area contributed by atoms with Crippen molar-refractivity contribution in [1.29, 1.82) is 0 Å². The number of benzene rings is 2. The van der Waals surface area contributed by atoms with Crippen LogP contribution in [0.5, 0.6) is 0 Å². The fourth-order valence-corrected chi connectivity index (χ4v) is 3.33. The fraction of sp³-hybridized carbons (Fsp3) is 0.348. The summed E-state index contributed by atoms with van der Waals surface area (Å²) >= 11 is 6.08. The Hall–Kier alpha value is -2.17. The van der Waals surface area contributed by atoms with Crippen LogP contribution in [0, 0.1) is 12.7 Å². The summed E-state index contributed by atoms with van der Waals surface area (Å²) < 4.78 is 12.4. The van der Waals surface area contributed by atoms with Crippen LogP contribution in [0.4, 0.5) is 10.1 Å².